The molecule has 1 aromatic heterocycles. The van der Waals surface area contributed by atoms with Crippen molar-refractivity contribution in [2.24, 2.45) is 0 Å². The summed E-state index contributed by atoms with van der Waals surface area (Å²) in [7, 11) is 0. The summed E-state index contributed by atoms with van der Waals surface area (Å²) < 4.78 is 1.86. The molecule has 0 spiro atoms. The van der Waals surface area contributed by atoms with Crippen molar-refractivity contribution in [2.45, 2.75) is 52.5 Å². The number of carboxylic acids is 1. The Balaban J connectivity index is 2.76. The lowest BCUT2D eigenvalue weighted by Gasteiger charge is -2.12. The Morgan fingerprint density at radius 3 is 2.62 bits per heavy atom. The molecule has 0 amide bonds. The number of rotatable bonds is 6. The van der Waals surface area contributed by atoms with Crippen molar-refractivity contribution >= 4 is 5.97 Å². The van der Waals surface area contributed by atoms with Gasteiger partial charge in [-0.15, -0.1) is 0 Å². The minimum Gasteiger partial charge on any atom is -0.481 e. The second-order valence-corrected chi connectivity index (χ2v) is 3.88. The Labute approximate surface area is 95.5 Å². The van der Waals surface area contributed by atoms with Crippen LogP contribution in [0.5, 0.6) is 0 Å². The van der Waals surface area contributed by atoms with Gasteiger partial charge in [-0.3, -0.25) is 4.79 Å². The van der Waals surface area contributed by atoms with Gasteiger partial charge in [0.1, 0.15) is 5.82 Å². The predicted molar refractivity (Wildman–Crippen MR) is 60.4 cm³/mol. The lowest BCUT2D eigenvalue weighted by Crippen LogP contribution is -2.12. The molecule has 0 saturated heterocycles. The van der Waals surface area contributed by atoms with E-state index in [0.29, 0.717) is 6.42 Å². The highest BCUT2D eigenvalue weighted by Gasteiger charge is 2.14. The van der Waals surface area contributed by atoms with E-state index in [0.717, 1.165) is 24.5 Å². The number of nitrogens with zero attached hydrogens (tertiary/aromatic N) is 3. The number of aromatic nitrogens is 3. The predicted octanol–water partition coefficient (Wildman–Crippen LogP) is 1.83. The third kappa shape index (κ3) is 3.05. The molecular formula is C11H19N3O2. The van der Waals surface area contributed by atoms with Crippen LogP contribution in [0.4, 0.5) is 0 Å². The van der Waals surface area contributed by atoms with E-state index < -0.39 is 5.97 Å². The third-order valence-electron chi connectivity index (χ3n) is 2.57. The molecule has 0 aliphatic heterocycles. The smallest absolute Gasteiger partial charge is 0.303 e. The molecule has 5 nitrogen and oxygen atoms in total. The van der Waals surface area contributed by atoms with Gasteiger partial charge in [0.2, 0.25) is 0 Å². The van der Waals surface area contributed by atoms with Gasteiger partial charge < -0.3 is 5.11 Å². The van der Waals surface area contributed by atoms with E-state index in [1.807, 2.05) is 25.5 Å². The zero-order valence-corrected chi connectivity index (χ0v) is 10.1. The van der Waals surface area contributed by atoms with Gasteiger partial charge in [-0.25, -0.2) is 9.67 Å². The van der Waals surface area contributed by atoms with Gasteiger partial charge in [0.25, 0.3) is 0 Å². The monoisotopic (exact) mass is 225 g/mol. The summed E-state index contributed by atoms with van der Waals surface area (Å²) in [6.45, 7) is 6.03. The summed E-state index contributed by atoms with van der Waals surface area (Å²) in [6, 6.07) is 0.0962. The van der Waals surface area contributed by atoms with E-state index in [4.69, 9.17) is 5.11 Å². The molecule has 0 saturated carbocycles. The minimum atomic E-state index is -0.763. The quantitative estimate of drug-likeness (QED) is 0.802. The van der Waals surface area contributed by atoms with E-state index >= 15 is 0 Å². The first-order valence-corrected chi connectivity index (χ1v) is 5.74. The van der Waals surface area contributed by atoms with Crippen LogP contribution in [0.25, 0.3) is 0 Å². The highest BCUT2D eigenvalue weighted by atomic mass is 16.4. The molecule has 1 atom stereocenters. The normalized spacial score (nSPS) is 12.7. The second kappa shape index (κ2) is 5.63. The molecular weight excluding hydrogens is 206 g/mol. The third-order valence-corrected chi connectivity index (χ3v) is 2.57. The molecule has 0 fully saturated rings. The summed E-state index contributed by atoms with van der Waals surface area (Å²) >= 11 is 0. The van der Waals surface area contributed by atoms with Crippen molar-refractivity contribution in [1.82, 2.24) is 14.8 Å². The van der Waals surface area contributed by atoms with Gasteiger partial charge in [0.15, 0.2) is 5.82 Å². The zero-order valence-electron chi connectivity index (χ0n) is 10.1. The fourth-order valence-corrected chi connectivity index (χ4v) is 1.60. The maximum absolute atomic E-state index is 10.5. The van der Waals surface area contributed by atoms with Gasteiger partial charge in [-0.1, -0.05) is 13.8 Å². The molecule has 0 aliphatic rings. The first kappa shape index (κ1) is 12.7. The largest absolute Gasteiger partial charge is 0.481 e. The molecule has 1 rings (SSSR count). The number of carbonyl (C=O) groups is 1. The van der Waals surface area contributed by atoms with Crippen molar-refractivity contribution in [1.29, 1.82) is 0 Å². The van der Waals surface area contributed by atoms with Gasteiger partial charge in [0.05, 0.1) is 6.04 Å². The van der Waals surface area contributed by atoms with Gasteiger partial charge in [-0.05, 0) is 13.3 Å². The van der Waals surface area contributed by atoms with Crippen LogP contribution in [0, 0.1) is 0 Å². The molecule has 1 unspecified atom stereocenters. The van der Waals surface area contributed by atoms with E-state index in [2.05, 4.69) is 10.1 Å². The Morgan fingerprint density at radius 2 is 2.12 bits per heavy atom. The number of carboxylic acid groups (broad SMARTS) is 1. The molecule has 1 N–H and O–H groups in total. The Bertz CT molecular complexity index is 360. The maximum Gasteiger partial charge on any atom is 0.303 e. The fraction of sp³-hybridized carbons (Fsp3) is 0.727. The van der Waals surface area contributed by atoms with E-state index in [1.54, 1.807) is 0 Å². The molecule has 1 aromatic rings. The van der Waals surface area contributed by atoms with Crippen LogP contribution >= 0.6 is 0 Å². The highest BCUT2D eigenvalue weighted by Crippen LogP contribution is 2.15. The lowest BCUT2D eigenvalue weighted by atomic mass is 10.2. The van der Waals surface area contributed by atoms with Crippen molar-refractivity contribution in [3.63, 3.8) is 0 Å². The molecule has 16 heavy (non-hydrogen) atoms. The summed E-state index contributed by atoms with van der Waals surface area (Å²) in [5, 5.41) is 13.0. The van der Waals surface area contributed by atoms with Crippen molar-refractivity contribution < 1.29 is 9.90 Å². The van der Waals surface area contributed by atoms with E-state index in [-0.39, 0.29) is 12.5 Å². The van der Waals surface area contributed by atoms with Crippen molar-refractivity contribution in [2.75, 3.05) is 0 Å². The number of hydrogen-bond acceptors (Lipinski definition) is 3. The van der Waals surface area contributed by atoms with Crippen LogP contribution in [0.3, 0.4) is 0 Å². The first-order valence-electron chi connectivity index (χ1n) is 5.74. The molecule has 0 radical (unpaired) electrons. The fourth-order valence-electron chi connectivity index (χ4n) is 1.60. The summed E-state index contributed by atoms with van der Waals surface area (Å²) in [5.74, 6) is 1.01. The highest BCUT2D eigenvalue weighted by molar-refractivity contribution is 5.66. The van der Waals surface area contributed by atoms with E-state index in [1.165, 1.54) is 0 Å². The van der Waals surface area contributed by atoms with Crippen LogP contribution in [-0.2, 0) is 17.6 Å². The van der Waals surface area contributed by atoms with Crippen LogP contribution in [-0.4, -0.2) is 25.8 Å². The average molecular weight is 225 g/mol. The minimum absolute atomic E-state index is 0.0962. The SMILES string of the molecule is CCc1nc(CC)n(C(C)CCC(=O)O)n1. The second-order valence-electron chi connectivity index (χ2n) is 3.88. The summed E-state index contributed by atoms with van der Waals surface area (Å²) in [6.07, 6.45) is 2.40. The molecule has 90 valence electrons. The van der Waals surface area contributed by atoms with Crippen LogP contribution in [0.2, 0.25) is 0 Å². The van der Waals surface area contributed by atoms with Crippen LogP contribution in [0.15, 0.2) is 0 Å². The lowest BCUT2D eigenvalue weighted by molar-refractivity contribution is -0.137. The summed E-state index contributed by atoms with van der Waals surface area (Å²) in [5.41, 5.74) is 0. The number of aliphatic carboxylic acids is 1. The average Bonchev–Trinajstić information content (AvgIpc) is 2.68. The van der Waals surface area contributed by atoms with Crippen LogP contribution < -0.4 is 0 Å². The maximum atomic E-state index is 10.5. The molecule has 5 heteroatoms. The van der Waals surface area contributed by atoms with Crippen LogP contribution in [0.1, 0.15) is 51.3 Å². The van der Waals surface area contributed by atoms with Gasteiger partial charge >= 0.3 is 5.97 Å². The molecule has 1 heterocycles. The number of aryl methyl sites for hydroxylation is 2. The Kier molecular flexibility index (Phi) is 4.46. The Morgan fingerprint density at radius 1 is 1.44 bits per heavy atom. The van der Waals surface area contributed by atoms with Gasteiger partial charge in [0, 0.05) is 19.3 Å². The molecule has 0 bridgehead atoms. The zero-order chi connectivity index (χ0) is 12.1. The van der Waals surface area contributed by atoms with Crippen molar-refractivity contribution in [3.8, 4) is 0 Å². The summed E-state index contributed by atoms with van der Waals surface area (Å²) in [4.78, 5) is 14.9. The van der Waals surface area contributed by atoms with Crippen molar-refractivity contribution in [3.05, 3.63) is 11.6 Å². The molecule has 0 aliphatic carbocycles. The topological polar surface area (TPSA) is 68.0 Å². The first-order chi connectivity index (χ1) is 7.58. The van der Waals surface area contributed by atoms with Gasteiger partial charge in [-0.2, -0.15) is 5.10 Å². The number of hydrogen-bond donors (Lipinski definition) is 1. The molecule has 0 aromatic carbocycles. The Hall–Kier alpha value is -1.39. The standard InChI is InChI=1S/C11H19N3O2/c1-4-9-12-10(5-2)14(13-9)8(3)6-7-11(15)16/h8H,4-7H2,1-3H3,(H,15,16). The van der Waals surface area contributed by atoms with E-state index in [9.17, 15) is 4.79 Å².